The number of hydrogen-bond donors (Lipinski definition) is 1. The molecule has 0 aliphatic carbocycles. The van der Waals surface area contributed by atoms with Crippen LogP contribution in [0.2, 0.25) is 0 Å². The van der Waals surface area contributed by atoms with Gasteiger partial charge in [0.25, 0.3) is 5.91 Å². The molecule has 0 bridgehead atoms. The van der Waals surface area contributed by atoms with E-state index < -0.39 is 10.2 Å². The molecule has 1 unspecified atom stereocenters. The van der Waals surface area contributed by atoms with Crippen molar-refractivity contribution < 1.29 is 13.2 Å². The summed E-state index contributed by atoms with van der Waals surface area (Å²) < 4.78 is 26.4. The van der Waals surface area contributed by atoms with E-state index in [1.165, 1.54) is 25.4 Å². The largest absolute Gasteiger partial charge is 0.349 e. The Hall–Kier alpha value is -1.60. The van der Waals surface area contributed by atoms with Crippen LogP contribution in [0.3, 0.4) is 0 Å². The molecule has 0 saturated heterocycles. The average molecular weight is 327 g/mol. The van der Waals surface area contributed by atoms with E-state index in [-0.39, 0.29) is 11.9 Å². The first-order chi connectivity index (χ1) is 10.1. The highest BCUT2D eigenvalue weighted by Crippen LogP contribution is 2.18. The third kappa shape index (κ3) is 4.20. The molecule has 0 fully saturated rings. The maximum Gasteiger partial charge on any atom is 0.303 e. The van der Waals surface area contributed by atoms with Crippen LogP contribution in [0.1, 0.15) is 31.1 Å². The minimum Gasteiger partial charge on any atom is -0.349 e. The Morgan fingerprint density at radius 3 is 1.95 bits per heavy atom. The van der Waals surface area contributed by atoms with Crippen LogP contribution in [-0.4, -0.2) is 45.8 Å². The van der Waals surface area contributed by atoms with Gasteiger partial charge in [0.15, 0.2) is 0 Å². The lowest BCUT2D eigenvalue weighted by Gasteiger charge is -2.23. The normalized spacial score (nSPS) is 13.3. The van der Waals surface area contributed by atoms with Gasteiger partial charge in [0.1, 0.15) is 0 Å². The summed E-state index contributed by atoms with van der Waals surface area (Å²) in [6.07, 6.45) is 0. The molecule has 1 aromatic rings. The van der Waals surface area contributed by atoms with Crippen molar-refractivity contribution in [3.8, 4) is 0 Å². The number of amides is 1. The van der Waals surface area contributed by atoms with E-state index in [2.05, 4.69) is 5.32 Å². The summed E-state index contributed by atoms with van der Waals surface area (Å²) in [4.78, 5) is 12.1. The maximum absolute atomic E-state index is 12.1. The second kappa shape index (κ2) is 7.11. The van der Waals surface area contributed by atoms with Crippen LogP contribution in [0.4, 0.5) is 5.69 Å². The van der Waals surface area contributed by atoms with Gasteiger partial charge in [-0.25, -0.2) is 0 Å². The van der Waals surface area contributed by atoms with Crippen molar-refractivity contribution in [2.24, 2.45) is 5.92 Å². The Morgan fingerprint density at radius 2 is 1.55 bits per heavy atom. The van der Waals surface area contributed by atoms with E-state index in [4.69, 9.17) is 0 Å². The minimum atomic E-state index is -3.53. The van der Waals surface area contributed by atoms with Gasteiger partial charge in [0.05, 0.1) is 5.69 Å². The van der Waals surface area contributed by atoms with E-state index in [9.17, 15) is 13.2 Å². The summed E-state index contributed by atoms with van der Waals surface area (Å²) in [7, 11) is 0.897. The van der Waals surface area contributed by atoms with Crippen LogP contribution in [-0.2, 0) is 10.2 Å². The highest BCUT2D eigenvalue weighted by molar-refractivity contribution is 7.90. The van der Waals surface area contributed by atoms with Gasteiger partial charge < -0.3 is 5.32 Å². The number of anilines is 1. The van der Waals surface area contributed by atoms with Crippen LogP contribution < -0.4 is 9.62 Å². The van der Waals surface area contributed by atoms with E-state index in [0.29, 0.717) is 17.2 Å². The number of nitrogens with one attached hydrogen (secondary N) is 1. The Bertz CT molecular complexity index is 609. The lowest BCUT2D eigenvalue weighted by atomic mass is 10.1. The van der Waals surface area contributed by atoms with Crippen molar-refractivity contribution in [1.82, 2.24) is 9.62 Å². The van der Waals surface area contributed by atoms with Gasteiger partial charge in [0.2, 0.25) is 0 Å². The summed E-state index contributed by atoms with van der Waals surface area (Å²) in [6.45, 7) is 6.03. The molecule has 1 rings (SSSR count). The molecule has 0 aromatic heterocycles. The molecule has 0 aliphatic rings. The number of hydrogen-bond acceptors (Lipinski definition) is 3. The van der Waals surface area contributed by atoms with Crippen LogP contribution in [0.25, 0.3) is 0 Å². The average Bonchev–Trinajstić information content (AvgIpc) is 2.46. The third-order valence-corrected chi connectivity index (χ3v) is 5.49. The van der Waals surface area contributed by atoms with Crippen molar-refractivity contribution in [1.29, 1.82) is 0 Å². The second-order valence-corrected chi connectivity index (χ2v) is 7.98. The molecule has 0 radical (unpaired) electrons. The van der Waals surface area contributed by atoms with Gasteiger partial charge in [-0.1, -0.05) is 13.8 Å². The summed E-state index contributed by atoms with van der Waals surface area (Å²) in [6, 6.07) is 6.56. The number of carbonyl (C=O) groups excluding carboxylic acids is 1. The molecule has 0 spiro atoms. The summed E-state index contributed by atoms with van der Waals surface area (Å²) >= 11 is 0. The van der Waals surface area contributed by atoms with Crippen molar-refractivity contribution >= 4 is 21.8 Å². The quantitative estimate of drug-likeness (QED) is 0.864. The van der Waals surface area contributed by atoms with Crippen LogP contribution >= 0.6 is 0 Å². The molecular weight excluding hydrogens is 302 g/mol. The standard InChI is InChI=1S/C15H25N3O3S/c1-11(2)12(3)16-15(19)13-7-9-14(10-8-13)18(6)22(20,21)17(4)5/h7-12H,1-6H3,(H,16,19). The van der Waals surface area contributed by atoms with Crippen LogP contribution in [0, 0.1) is 5.92 Å². The van der Waals surface area contributed by atoms with Crippen molar-refractivity contribution in [3.63, 3.8) is 0 Å². The van der Waals surface area contributed by atoms with E-state index >= 15 is 0 Å². The molecule has 6 nitrogen and oxygen atoms in total. The van der Waals surface area contributed by atoms with Gasteiger partial charge >= 0.3 is 10.2 Å². The minimum absolute atomic E-state index is 0.0731. The maximum atomic E-state index is 12.1. The number of benzene rings is 1. The van der Waals surface area contributed by atoms with Crippen LogP contribution in [0.15, 0.2) is 24.3 Å². The number of nitrogens with zero attached hydrogens (tertiary/aromatic N) is 2. The SMILES string of the molecule is CC(C)C(C)NC(=O)c1ccc(N(C)S(=O)(=O)N(C)C)cc1. The zero-order valence-corrected chi connectivity index (χ0v) is 14.8. The van der Waals surface area contributed by atoms with Crippen molar-refractivity contribution in [3.05, 3.63) is 29.8 Å². The molecule has 0 saturated carbocycles. The molecule has 1 aromatic carbocycles. The monoisotopic (exact) mass is 327 g/mol. The van der Waals surface area contributed by atoms with Crippen LogP contribution in [0.5, 0.6) is 0 Å². The first kappa shape index (κ1) is 18.4. The van der Waals surface area contributed by atoms with E-state index in [0.717, 1.165) is 4.31 Å². The molecule has 7 heteroatoms. The molecule has 0 aliphatic heterocycles. The zero-order chi connectivity index (χ0) is 17.1. The predicted octanol–water partition coefficient (Wildman–Crippen LogP) is 1.70. The highest BCUT2D eigenvalue weighted by Gasteiger charge is 2.21. The third-order valence-electron chi connectivity index (χ3n) is 3.66. The molecule has 22 heavy (non-hydrogen) atoms. The Labute approximate surface area is 133 Å². The highest BCUT2D eigenvalue weighted by atomic mass is 32.2. The van der Waals surface area contributed by atoms with Gasteiger partial charge in [-0.05, 0) is 37.1 Å². The first-order valence-corrected chi connectivity index (χ1v) is 8.54. The molecular formula is C15H25N3O3S. The Morgan fingerprint density at radius 1 is 1.05 bits per heavy atom. The van der Waals surface area contributed by atoms with Gasteiger partial charge in [-0.15, -0.1) is 0 Å². The Balaban J connectivity index is 2.90. The predicted molar refractivity (Wildman–Crippen MR) is 89.2 cm³/mol. The molecule has 1 atom stereocenters. The second-order valence-electron chi connectivity index (χ2n) is 5.81. The number of carbonyl (C=O) groups is 1. The fourth-order valence-electron chi connectivity index (χ4n) is 1.66. The number of rotatable bonds is 6. The van der Waals surface area contributed by atoms with Gasteiger partial charge in [0, 0.05) is 32.7 Å². The smallest absolute Gasteiger partial charge is 0.303 e. The summed E-state index contributed by atoms with van der Waals surface area (Å²) in [5.41, 5.74) is 1.01. The van der Waals surface area contributed by atoms with E-state index in [1.807, 2.05) is 20.8 Å². The molecule has 0 heterocycles. The topological polar surface area (TPSA) is 69.7 Å². The fourth-order valence-corrected chi connectivity index (χ4v) is 2.54. The zero-order valence-electron chi connectivity index (χ0n) is 14.0. The summed E-state index contributed by atoms with van der Waals surface area (Å²) in [5, 5.41) is 2.91. The van der Waals surface area contributed by atoms with Crippen molar-refractivity contribution in [2.45, 2.75) is 26.8 Å². The lowest BCUT2D eigenvalue weighted by Crippen LogP contribution is -2.37. The molecule has 1 amide bonds. The molecule has 1 N–H and O–H groups in total. The lowest BCUT2D eigenvalue weighted by molar-refractivity contribution is 0.0930. The molecule has 124 valence electrons. The van der Waals surface area contributed by atoms with Gasteiger partial charge in [-0.2, -0.15) is 12.7 Å². The van der Waals surface area contributed by atoms with Gasteiger partial charge in [-0.3, -0.25) is 9.10 Å². The summed E-state index contributed by atoms with van der Waals surface area (Å²) in [5.74, 6) is 0.186. The first-order valence-electron chi connectivity index (χ1n) is 7.14. The Kier molecular flexibility index (Phi) is 5.96. The van der Waals surface area contributed by atoms with Crippen molar-refractivity contribution in [2.75, 3.05) is 25.4 Å². The van der Waals surface area contributed by atoms with E-state index in [1.54, 1.807) is 24.3 Å². The fraction of sp³-hybridized carbons (Fsp3) is 0.533.